The van der Waals surface area contributed by atoms with Crippen LogP contribution in [0.15, 0.2) is 0 Å². The van der Waals surface area contributed by atoms with Gasteiger partial charge >= 0.3 is 6.03 Å². The highest BCUT2D eigenvalue weighted by Crippen LogP contribution is 2.38. The van der Waals surface area contributed by atoms with Crippen molar-refractivity contribution in [3.8, 4) is 0 Å². The minimum atomic E-state index is -0.367. The summed E-state index contributed by atoms with van der Waals surface area (Å²) in [5.74, 6) is 0. The van der Waals surface area contributed by atoms with Crippen molar-refractivity contribution in [3.63, 3.8) is 0 Å². The van der Waals surface area contributed by atoms with Crippen molar-refractivity contribution < 1.29 is 14.6 Å². The Bertz CT molecular complexity index is 335. The summed E-state index contributed by atoms with van der Waals surface area (Å²) in [5.41, 5.74) is 0.0205. The molecule has 2 N–H and O–H groups in total. The molecule has 1 heterocycles. The van der Waals surface area contributed by atoms with Crippen LogP contribution in [-0.2, 0) is 4.74 Å². The van der Waals surface area contributed by atoms with Crippen molar-refractivity contribution in [2.24, 2.45) is 0 Å². The predicted molar refractivity (Wildman–Crippen MR) is 82.2 cm³/mol. The van der Waals surface area contributed by atoms with Crippen LogP contribution < -0.4 is 5.32 Å². The van der Waals surface area contributed by atoms with Crippen molar-refractivity contribution in [2.75, 3.05) is 20.2 Å². The highest BCUT2D eigenvalue weighted by atomic mass is 16.5. The van der Waals surface area contributed by atoms with Gasteiger partial charge in [0.1, 0.15) is 0 Å². The van der Waals surface area contributed by atoms with E-state index in [9.17, 15) is 9.90 Å². The average molecular weight is 298 g/mol. The monoisotopic (exact) mass is 298 g/mol. The van der Waals surface area contributed by atoms with Gasteiger partial charge in [-0.3, -0.25) is 0 Å². The fourth-order valence-electron chi connectivity index (χ4n) is 3.46. The molecule has 0 bridgehead atoms. The lowest BCUT2D eigenvalue weighted by molar-refractivity contribution is -0.108. The lowest BCUT2D eigenvalue weighted by Crippen LogP contribution is -2.51. The standard InChI is InChI=1S/C16H30N2O3/c1-13(19)6-10-18(2)15(20)17-14-7-11-21-16(12-14)8-4-3-5-9-16/h13-14,19H,3-12H2,1-2H3,(H,17,20). The zero-order chi connectivity index (χ0) is 15.3. The Hall–Kier alpha value is -0.810. The van der Waals surface area contributed by atoms with E-state index in [1.165, 1.54) is 19.3 Å². The first-order valence-corrected chi connectivity index (χ1v) is 8.34. The molecule has 1 aliphatic carbocycles. The van der Waals surface area contributed by atoms with E-state index in [-0.39, 0.29) is 23.8 Å². The number of urea groups is 1. The maximum atomic E-state index is 12.2. The van der Waals surface area contributed by atoms with Crippen molar-refractivity contribution >= 4 is 6.03 Å². The third-order valence-corrected chi connectivity index (χ3v) is 4.81. The fourth-order valence-corrected chi connectivity index (χ4v) is 3.46. The first-order chi connectivity index (χ1) is 10.0. The fraction of sp³-hybridized carbons (Fsp3) is 0.938. The SMILES string of the molecule is CC(O)CCN(C)C(=O)NC1CCOC2(CCCCC2)C1. The third-order valence-electron chi connectivity index (χ3n) is 4.81. The molecule has 21 heavy (non-hydrogen) atoms. The van der Waals surface area contributed by atoms with Gasteiger partial charge in [-0.25, -0.2) is 4.79 Å². The molecular weight excluding hydrogens is 268 g/mol. The largest absolute Gasteiger partial charge is 0.393 e. The molecule has 0 aromatic heterocycles. The highest BCUT2D eigenvalue weighted by molar-refractivity contribution is 5.74. The molecule has 1 saturated carbocycles. The molecule has 2 rings (SSSR count). The van der Waals surface area contributed by atoms with Crippen LogP contribution >= 0.6 is 0 Å². The van der Waals surface area contributed by atoms with E-state index in [1.54, 1.807) is 18.9 Å². The van der Waals surface area contributed by atoms with Crippen molar-refractivity contribution in [3.05, 3.63) is 0 Å². The number of carbonyl (C=O) groups is 1. The maximum Gasteiger partial charge on any atom is 0.317 e. The van der Waals surface area contributed by atoms with E-state index >= 15 is 0 Å². The van der Waals surface area contributed by atoms with E-state index < -0.39 is 0 Å². The first kappa shape index (κ1) is 16.6. The second kappa shape index (κ2) is 7.45. The van der Waals surface area contributed by atoms with Crippen LogP contribution in [0.5, 0.6) is 0 Å². The molecular formula is C16H30N2O3. The van der Waals surface area contributed by atoms with E-state index in [0.29, 0.717) is 13.0 Å². The summed E-state index contributed by atoms with van der Waals surface area (Å²) in [6.07, 6.45) is 8.17. The number of rotatable bonds is 4. The lowest BCUT2D eigenvalue weighted by Gasteiger charge is -2.43. The van der Waals surface area contributed by atoms with Crippen LogP contribution in [0.3, 0.4) is 0 Å². The number of ether oxygens (including phenoxy) is 1. The van der Waals surface area contributed by atoms with E-state index in [1.807, 2.05) is 0 Å². The van der Waals surface area contributed by atoms with Gasteiger partial charge in [0.25, 0.3) is 0 Å². The van der Waals surface area contributed by atoms with Gasteiger partial charge in [0, 0.05) is 26.2 Å². The van der Waals surface area contributed by atoms with Crippen LogP contribution in [0, 0.1) is 0 Å². The Kier molecular flexibility index (Phi) is 5.88. The number of aliphatic hydroxyl groups excluding tert-OH is 1. The molecule has 2 aliphatic rings. The number of hydrogen-bond donors (Lipinski definition) is 2. The summed E-state index contributed by atoms with van der Waals surface area (Å²) in [6, 6.07) is 0.187. The Balaban J connectivity index is 1.80. The molecule has 0 radical (unpaired) electrons. The first-order valence-electron chi connectivity index (χ1n) is 8.34. The van der Waals surface area contributed by atoms with Crippen molar-refractivity contribution in [1.29, 1.82) is 0 Å². The van der Waals surface area contributed by atoms with Gasteiger partial charge in [0.2, 0.25) is 0 Å². The van der Waals surface area contributed by atoms with E-state index in [0.717, 1.165) is 32.3 Å². The summed E-state index contributed by atoms with van der Waals surface area (Å²) in [5, 5.41) is 12.4. The topological polar surface area (TPSA) is 61.8 Å². The van der Waals surface area contributed by atoms with Gasteiger partial charge in [0.15, 0.2) is 0 Å². The minimum Gasteiger partial charge on any atom is -0.393 e. The molecule has 122 valence electrons. The Morgan fingerprint density at radius 1 is 1.43 bits per heavy atom. The molecule has 0 aromatic rings. The summed E-state index contributed by atoms with van der Waals surface area (Å²) in [4.78, 5) is 13.8. The van der Waals surface area contributed by atoms with Crippen molar-refractivity contribution in [2.45, 2.75) is 76.0 Å². The number of carbonyl (C=O) groups excluding carboxylic acids is 1. The number of hydrogen-bond acceptors (Lipinski definition) is 3. The van der Waals surface area contributed by atoms with Crippen LogP contribution in [0.1, 0.15) is 58.3 Å². The van der Waals surface area contributed by atoms with Crippen LogP contribution in [0.2, 0.25) is 0 Å². The molecule has 2 unspecified atom stereocenters. The second-order valence-electron chi connectivity index (χ2n) is 6.79. The van der Waals surface area contributed by atoms with Gasteiger partial charge in [-0.05, 0) is 39.0 Å². The molecule has 2 atom stereocenters. The zero-order valence-corrected chi connectivity index (χ0v) is 13.4. The number of nitrogens with zero attached hydrogens (tertiary/aromatic N) is 1. The summed E-state index contributed by atoms with van der Waals surface area (Å²) >= 11 is 0. The smallest absolute Gasteiger partial charge is 0.317 e. The van der Waals surface area contributed by atoms with Crippen LogP contribution in [0.4, 0.5) is 4.79 Å². The molecule has 0 aromatic carbocycles. The molecule has 5 heteroatoms. The minimum absolute atomic E-state index is 0.0205. The van der Waals surface area contributed by atoms with Crippen molar-refractivity contribution in [1.82, 2.24) is 10.2 Å². The molecule has 1 aliphatic heterocycles. The van der Waals surface area contributed by atoms with E-state index in [4.69, 9.17) is 4.74 Å². The van der Waals surface area contributed by atoms with Crippen LogP contribution in [-0.4, -0.2) is 54.0 Å². The average Bonchev–Trinajstić information content (AvgIpc) is 2.45. The maximum absolute atomic E-state index is 12.2. The summed E-state index contributed by atoms with van der Waals surface area (Å²) in [7, 11) is 1.79. The summed E-state index contributed by atoms with van der Waals surface area (Å²) < 4.78 is 6.06. The zero-order valence-electron chi connectivity index (χ0n) is 13.4. The predicted octanol–water partition coefficient (Wildman–Crippen LogP) is 2.28. The summed E-state index contributed by atoms with van der Waals surface area (Å²) in [6.45, 7) is 3.08. The lowest BCUT2D eigenvalue weighted by atomic mass is 9.78. The third kappa shape index (κ3) is 4.85. The Labute approximate surface area is 128 Å². The Morgan fingerprint density at radius 3 is 2.81 bits per heavy atom. The van der Waals surface area contributed by atoms with Gasteiger partial charge in [0.05, 0.1) is 11.7 Å². The number of amides is 2. The molecule has 2 fully saturated rings. The molecule has 1 saturated heterocycles. The van der Waals surface area contributed by atoms with Gasteiger partial charge < -0.3 is 20.1 Å². The van der Waals surface area contributed by atoms with Gasteiger partial charge in [-0.2, -0.15) is 0 Å². The number of nitrogens with one attached hydrogen (secondary N) is 1. The molecule has 1 spiro atoms. The van der Waals surface area contributed by atoms with E-state index in [2.05, 4.69) is 5.32 Å². The Morgan fingerprint density at radius 2 is 2.14 bits per heavy atom. The second-order valence-corrected chi connectivity index (χ2v) is 6.79. The number of aliphatic hydroxyl groups is 1. The normalized spacial score (nSPS) is 26.3. The quantitative estimate of drug-likeness (QED) is 0.837. The van der Waals surface area contributed by atoms with Gasteiger partial charge in [-0.1, -0.05) is 19.3 Å². The van der Waals surface area contributed by atoms with Gasteiger partial charge in [-0.15, -0.1) is 0 Å². The molecule has 5 nitrogen and oxygen atoms in total. The highest BCUT2D eigenvalue weighted by Gasteiger charge is 2.39. The van der Waals surface area contributed by atoms with Crippen LogP contribution in [0.25, 0.3) is 0 Å². The molecule has 2 amide bonds.